The number of rotatable bonds is 6. The van der Waals surface area contributed by atoms with Crippen LogP contribution in [0.2, 0.25) is 5.02 Å². The Hall–Kier alpha value is -2.66. The summed E-state index contributed by atoms with van der Waals surface area (Å²) < 4.78 is 54.2. The summed E-state index contributed by atoms with van der Waals surface area (Å²) in [5.41, 5.74) is -0.130. The molecule has 1 amide bonds. The highest BCUT2D eigenvalue weighted by atomic mass is 35.5. The number of sulfonamides is 1. The molecule has 1 unspecified atom stereocenters. The van der Waals surface area contributed by atoms with Gasteiger partial charge in [0, 0.05) is 49.4 Å². The monoisotopic (exact) mass is 521 g/mol. The maximum absolute atomic E-state index is 15.9. The number of ether oxygens (including phenoxy) is 2. The van der Waals surface area contributed by atoms with E-state index in [1.54, 1.807) is 31.3 Å². The van der Waals surface area contributed by atoms with E-state index < -0.39 is 21.6 Å². The summed E-state index contributed by atoms with van der Waals surface area (Å²) in [4.78, 5) is 14.7. The van der Waals surface area contributed by atoms with Crippen LogP contribution in [0.1, 0.15) is 5.56 Å². The molecule has 0 spiro atoms. The average Bonchev–Trinajstić information content (AvgIpc) is 2.78. The van der Waals surface area contributed by atoms with E-state index in [2.05, 4.69) is 5.32 Å². The minimum atomic E-state index is -3.68. The fraction of sp³-hybridized carbons (Fsp3) is 0.375. The average molecular weight is 522 g/mol. The van der Waals surface area contributed by atoms with Gasteiger partial charge in [0.25, 0.3) is 5.91 Å². The number of nitrogens with zero attached hydrogens (tertiary/aromatic N) is 2. The molecule has 2 fully saturated rings. The van der Waals surface area contributed by atoms with Crippen molar-refractivity contribution < 1.29 is 27.1 Å². The van der Waals surface area contributed by atoms with Crippen LogP contribution >= 0.6 is 11.6 Å². The summed E-state index contributed by atoms with van der Waals surface area (Å²) in [6.45, 7) is 1.68. The first-order valence-electron chi connectivity index (χ1n) is 11.2. The zero-order chi connectivity index (χ0) is 24.8. The highest BCUT2D eigenvalue weighted by Crippen LogP contribution is 2.37. The van der Waals surface area contributed by atoms with Crippen molar-refractivity contribution in [3.05, 3.63) is 64.2 Å². The van der Waals surface area contributed by atoms with Crippen molar-refractivity contribution >= 4 is 27.5 Å². The van der Waals surface area contributed by atoms with Crippen LogP contribution in [0.3, 0.4) is 0 Å². The fourth-order valence-corrected chi connectivity index (χ4v) is 6.05. The van der Waals surface area contributed by atoms with Crippen LogP contribution in [0, 0.1) is 0 Å². The van der Waals surface area contributed by atoms with Gasteiger partial charge in [0.15, 0.2) is 11.5 Å². The SMILES string of the molecule is CNCC(F)(C(=O)N1CC(=C2CN(S(=O)(=O)c3ccc4c(c3)OCCO4)C2)C1)c1cccc(Cl)c1. The quantitative estimate of drug-likeness (QED) is 0.587. The maximum Gasteiger partial charge on any atom is 0.266 e. The molecule has 0 radical (unpaired) electrons. The van der Waals surface area contributed by atoms with Gasteiger partial charge >= 0.3 is 0 Å². The standard InChI is InChI=1S/C24H25ClFN3O5S/c1-27-15-24(26,18-3-2-4-19(25)9-18)23(30)28-11-16(12-28)17-13-29(14-17)35(31,32)20-5-6-21-22(10-20)34-8-7-33-21/h2-6,9-10,27H,7-8,11-15H2,1H3. The number of nitrogens with one attached hydrogen (secondary N) is 1. The highest BCUT2D eigenvalue weighted by molar-refractivity contribution is 7.89. The third-order valence-corrected chi connectivity index (χ3v) is 8.50. The van der Waals surface area contributed by atoms with E-state index in [9.17, 15) is 13.2 Å². The number of hydrogen-bond donors (Lipinski definition) is 1. The molecule has 186 valence electrons. The van der Waals surface area contributed by atoms with E-state index >= 15 is 4.39 Å². The lowest BCUT2D eigenvalue weighted by atomic mass is 9.90. The summed E-state index contributed by atoms with van der Waals surface area (Å²) in [6, 6.07) is 10.8. The van der Waals surface area contributed by atoms with Crippen LogP contribution in [-0.2, 0) is 20.5 Å². The number of carbonyl (C=O) groups is 1. The molecule has 8 nitrogen and oxygen atoms in total. The van der Waals surface area contributed by atoms with E-state index in [1.807, 2.05) is 0 Å². The molecule has 2 saturated heterocycles. The third-order valence-electron chi connectivity index (χ3n) is 6.48. The van der Waals surface area contributed by atoms with Crippen molar-refractivity contribution in [3.63, 3.8) is 0 Å². The van der Waals surface area contributed by atoms with Gasteiger partial charge in [0.2, 0.25) is 15.7 Å². The van der Waals surface area contributed by atoms with Crippen LogP contribution < -0.4 is 14.8 Å². The number of likely N-dealkylation sites (tertiary alicyclic amines) is 1. The number of halogens is 2. The number of benzene rings is 2. The minimum absolute atomic E-state index is 0.145. The molecule has 1 atom stereocenters. The fourth-order valence-electron chi connectivity index (χ4n) is 4.42. The van der Waals surface area contributed by atoms with Gasteiger partial charge in [-0.15, -0.1) is 0 Å². The Kier molecular flexibility index (Phi) is 6.25. The van der Waals surface area contributed by atoms with Crippen LogP contribution in [-0.4, -0.2) is 76.5 Å². The molecule has 35 heavy (non-hydrogen) atoms. The predicted molar refractivity (Wildman–Crippen MR) is 128 cm³/mol. The Morgan fingerprint density at radius 1 is 1.06 bits per heavy atom. The van der Waals surface area contributed by atoms with Crippen molar-refractivity contribution in [2.75, 3.05) is 53.0 Å². The zero-order valence-corrected chi connectivity index (χ0v) is 20.7. The summed E-state index contributed by atoms with van der Waals surface area (Å²) >= 11 is 6.02. The van der Waals surface area contributed by atoms with Crippen LogP contribution in [0.4, 0.5) is 4.39 Å². The second kappa shape index (κ2) is 9.09. The molecule has 1 N–H and O–H groups in total. The summed E-state index contributed by atoms with van der Waals surface area (Å²) in [5, 5.41) is 3.11. The molecule has 3 heterocycles. The summed E-state index contributed by atoms with van der Waals surface area (Å²) in [5.74, 6) is 0.305. The Morgan fingerprint density at radius 2 is 1.74 bits per heavy atom. The van der Waals surface area contributed by atoms with Gasteiger partial charge in [-0.3, -0.25) is 4.79 Å². The van der Waals surface area contributed by atoms with Gasteiger partial charge in [-0.25, -0.2) is 12.8 Å². The van der Waals surface area contributed by atoms with E-state index in [1.165, 1.54) is 27.4 Å². The number of carbonyl (C=O) groups excluding carboxylic acids is 1. The van der Waals surface area contributed by atoms with Gasteiger partial charge < -0.3 is 19.7 Å². The van der Waals surface area contributed by atoms with Gasteiger partial charge in [-0.2, -0.15) is 4.31 Å². The lowest BCUT2D eigenvalue weighted by Crippen LogP contribution is -2.56. The number of alkyl halides is 1. The molecule has 0 aliphatic carbocycles. The first-order valence-corrected chi connectivity index (χ1v) is 13.0. The van der Waals surface area contributed by atoms with Crippen LogP contribution in [0.25, 0.3) is 0 Å². The smallest absolute Gasteiger partial charge is 0.266 e. The predicted octanol–water partition coefficient (Wildman–Crippen LogP) is 2.34. The largest absolute Gasteiger partial charge is 0.486 e. The minimum Gasteiger partial charge on any atom is -0.486 e. The number of amides is 1. The molecule has 5 rings (SSSR count). The van der Waals surface area contributed by atoms with Crippen LogP contribution in [0.5, 0.6) is 11.5 Å². The Labute approximate surface area is 208 Å². The number of fused-ring (bicyclic) bond motifs is 1. The lowest BCUT2D eigenvalue weighted by Gasteiger charge is -2.43. The summed E-state index contributed by atoms with van der Waals surface area (Å²) in [6.07, 6.45) is 0. The Bertz CT molecular complexity index is 1300. The molecule has 11 heteroatoms. The Morgan fingerprint density at radius 3 is 2.43 bits per heavy atom. The molecule has 2 aromatic carbocycles. The van der Waals surface area contributed by atoms with Crippen LogP contribution in [0.15, 0.2) is 58.5 Å². The molecular formula is C24H25ClFN3O5S. The van der Waals surface area contributed by atoms with Gasteiger partial charge in [0.05, 0.1) is 4.90 Å². The van der Waals surface area contributed by atoms with E-state index in [0.29, 0.717) is 29.7 Å². The number of likely N-dealkylation sites (N-methyl/N-ethyl adjacent to an activating group) is 1. The topological polar surface area (TPSA) is 88.2 Å². The summed E-state index contributed by atoms with van der Waals surface area (Å²) in [7, 11) is -2.10. The molecule has 0 bridgehead atoms. The molecule has 2 aromatic rings. The molecular weight excluding hydrogens is 497 g/mol. The maximum atomic E-state index is 15.9. The first kappa shape index (κ1) is 24.1. The van der Waals surface area contributed by atoms with E-state index in [4.69, 9.17) is 21.1 Å². The Balaban J connectivity index is 1.25. The zero-order valence-electron chi connectivity index (χ0n) is 19.1. The van der Waals surface area contributed by atoms with Crippen molar-refractivity contribution in [3.8, 4) is 11.5 Å². The van der Waals surface area contributed by atoms with Crippen molar-refractivity contribution in [2.45, 2.75) is 10.6 Å². The molecule has 0 aromatic heterocycles. The third kappa shape index (κ3) is 4.29. The number of hydrogen-bond acceptors (Lipinski definition) is 6. The van der Waals surface area contributed by atoms with Crippen molar-refractivity contribution in [1.82, 2.24) is 14.5 Å². The first-order chi connectivity index (χ1) is 16.7. The highest BCUT2D eigenvalue weighted by Gasteiger charge is 2.47. The van der Waals surface area contributed by atoms with Crippen molar-refractivity contribution in [1.29, 1.82) is 0 Å². The second-order valence-electron chi connectivity index (χ2n) is 8.79. The molecule has 3 aliphatic heterocycles. The van der Waals surface area contributed by atoms with Crippen molar-refractivity contribution in [2.24, 2.45) is 0 Å². The van der Waals surface area contributed by atoms with E-state index in [0.717, 1.165) is 11.1 Å². The van der Waals surface area contributed by atoms with Gasteiger partial charge in [0.1, 0.15) is 13.2 Å². The molecule has 0 saturated carbocycles. The lowest BCUT2D eigenvalue weighted by molar-refractivity contribution is -0.146. The van der Waals surface area contributed by atoms with Gasteiger partial charge in [-0.1, -0.05) is 23.7 Å². The van der Waals surface area contributed by atoms with Gasteiger partial charge in [-0.05, 0) is 42.5 Å². The molecule has 3 aliphatic rings. The van der Waals surface area contributed by atoms with E-state index in [-0.39, 0.29) is 43.2 Å². The second-order valence-corrected chi connectivity index (χ2v) is 11.2. The normalized spacial score (nSPS) is 19.6.